The smallest absolute Gasteiger partial charge is 0.236 e. The van der Waals surface area contributed by atoms with Crippen molar-refractivity contribution in [3.05, 3.63) is 42.0 Å². The maximum Gasteiger partial charge on any atom is 0.236 e. The van der Waals surface area contributed by atoms with Gasteiger partial charge < -0.3 is 19.7 Å². The highest BCUT2D eigenvalue weighted by molar-refractivity contribution is 5.84. The largest absolute Gasteiger partial charge is 0.497 e. The molecule has 1 atom stereocenters. The third-order valence-electron chi connectivity index (χ3n) is 4.19. The standard InChI is InChI=1S/C18H22N2O3/c1-19-11-18(21)20-7-8-23-17(12-20)15-4-3-14-10-16(22-2)6-5-13(14)9-15/h3-6,9-10,17,19H,7-8,11-12H2,1-2H3. The molecule has 2 aromatic carbocycles. The van der Waals surface area contributed by atoms with Crippen LogP contribution >= 0.6 is 0 Å². The van der Waals surface area contributed by atoms with Crippen LogP contribution < -0.4 is 10.1 Å². The van der Waals surface area contributed by atoms with Crippen LogP contribution in [0.1, 0.15) is 11.7 Å². The monoisotopic (exact) mass is 314 g/mol. The van der Waals surface area contributed by atoms with Crippen molar-refractivity contribution in [2.24, 2.45) is 0 Å². The van der Waals surface area contributed by atoms with Crippen molar-refractivity contribution >= 4 is 16.7 Å². The third kappa shape index (κ3) is 3.46. The van der Waals surface area contributed by atoms with E-state index in [0.29, 0.717) is 26.2 Å². The number of hydrogen-bond acceptors (Lipinski definition) is 4. The molecular weight excluding hydrogens is 292 g/mol. The van der Waals surface area contributed by atoms with Crippen LogP contribution in [-0.2, 0) is 9.53 Å². The molecule has 122 valence electrons. The number of carbonyl (C=O) groups excluding carboxylic acids is 1. The first-order valence-electron chi connectivity index (χ1n) is 7.83. The summed E-state index contributed by atoms with van der Waals surface area (Å²) < 4.78 is 11.1. The van der Waals surface area contributed by atoms with Gasteiger partial charge in [-0.05, 0) is 41.6 Å². The molecule has 1 aliphatic rings. The fraction of sp³-hybridized carbons (Fsp3) is 0.389. The van der Waals surface area contributed by atoms with Gasteiger partial charge in [0.2, 0.25) is 5.91 Å². The molecule has 1 unspecified atom stereocenters. The molecular formula is C18H22N2O3. The highest BCUT2D eigenvalue weighted by Crippen LogP contribution is 2.27. The van der Waals surface area contributed by atoms with Gasteiger partial charge in [0.15, 0.2) is 0 Å². The van der Waals surface area contributed by atoms with E-state index in [-0.39, 0.29) is 12.0 Å². The number of methoxy groups -OCH3 is 1. The lowest BCUT2D eigenvalue weighted by atomic mass is 10.0. The number of benzene rings is 2. The molecule has 0 spiro atoms. The topological polar surface area (TPSA) is 50.8 Å². The average Bonchev–Trinajstić information content (AvgIpc) is 2.61. The molecule has 0 aliphatic carbocycles. The van der Waals surface area contributed by atoms with Crippen LogP contribution in [0.25, 0.3) is 10.8 Å². The summed E-state index contributed by atoms with van der Waals surface area (Å²) in [5.41, 5.74) is 1.10. The van der Waals surface area contributed by atoms with E-state index in [9.17, 15) is 4.79 Å². The van der Waals surface area contributed by atoms with E-state index >= 15 is 0 Å². The van der Waals surface area contributed by atoms with Gasteiger partial charge in [-0.15, -0.1) is 0 Å². The summed E-state index contributed by atoms with van der Waals surface area (Å²) in [5.74, 6) is 0.967. The summed E-state index contributed by atoms with van der Waals surface area (Å²) in [6.07, 6.45) is -0.0731. The molecule has 0 radical (unpaired) electrons. The van der Waals surface area contributed by atoms with Gasteiger partial charge >= 0.3 is 0 Å². The zero-order valence-corrected chi connectivity index (χ0v) is 13.5. The molecule has 1 aliphatic heterocycles. The lowest BCUT2D eigenvalue weighted by molar-refractivity contribution is -0.137. The van der Waals surface area contributed by atoms with Crippen LogP contribution in [0.15, 0.2) is 36.4 Å². The number of amides is 1. The molecule has 1 fully saturated rings. The fourth-order valence-electron chi connectivity index (χ4n) is 2.91. The number of fused-ring (bicyclic) bond motifs is 1. The number of likely N-dealkylation sites (N-methyl/N-ethyl adjacent to an activating group) is 1. The number of carbonyl (C=O) groups is 1. The van der Waals surface area contributed by atoms with Gasteiger partial charge in [-0.25, -0.2) is 0 Å². The summed E-state index contributed by atoms with van der Waals surface area (Å²) in [6, 6.07) is 12.3. The lowest BCUT2D eigenvalue weighted by Crippen LogP contribution is -2.45. The van der Waals surface area contributed by atoms with E-state index in [4.69, 9.17) is 9.47 Å². The van der Waals surface area contributed by atoms with Crippen LogP contribution in [0, 0.1) is 0 Å². The van der Waals surface area contributed by atoms with Crippen molar-refractivity contribution in [3.8, 4) is 5.75 Å². The van der Waals surface area contributed by atoms with Crippen molar-refractivity contribution in [1.82, 2.24) is 10.2 Å². The summed E-state index contributed by atoms with van der Waals surface area (Å²) in [6.45, 7) is 2.19. The highest BCUT2D eigenvalue weighted by Gasteiger charge is 2.25. The quantitative estimate of drug-likeness (QED) is 0.937. The second kappa shape index (κ2) is 6.98. The van der Waals surface area contributed by atoms with Crippen molar-refractivity contribution in [2.45, 2.75) is 6.10 Å². The molecule has 1 N–H and O–H groups in total. The second-order valence-electron chi connectivity index (χ2n) is 5.70. The van der Waals surface area contributed by atoms with Gasteiger partial charge in [0.1, 0.15) is 11.9 Å². The molecule has 5 nitrogen and oxygen atoms in total. The molecule has 0 aromatic heterocycles. The van der Waals surface area contributed by atoms with E-state index in [1.165, 1.54) is 0 Å². The fourth-order valence-corrected chi connectivity index (χ4v) is 2.91. The summed E-state index contributed by atoms with van der Waals surface area (Å²) in [7, 11) is 3.45. The minimum absolute atomic E-state index is 0.0731. The Morgan fingerprint density at radius 1 is 1.30 bits per heavy atom. The van der Waals surface area contributed by atoms with Crippen molar-refractivity contribution in [3.63, 3.8) is 0 Å². The molecule has 1 heterocycles. The van der Waals surface area contributed by atoms with Crippen LogP contribution in [0.3, 0.4) is 0 Å². The summed E-state index contributed by atoms with van der Waals surface area (Å²) >= 11 is 0. The van der Waals surface area contributed by atoms with Crippen molar-refractivity contribution in [1.29, 1.82) is 0 Å². The Morgan fingerprint density at radius 3 is 2.87 bits per heavy atom. The van der Waals surface area contributed by atoms with E-state index in [1.807, 2.05) is 23.1 Å². The van der Waals surface area contributed by atoms with Crippen LogP contribution in [-0.4, -0.2) is 51.2 Å². The Labute approximate surface area is 136 Å². The van der Waals surface area contributed by atoms with Crippen molar-refractivity contribution in [2.75, 3.05) is 40.4 Å². The minimum Gasteiger partial charge on any atom is -0.497 e. The molecule has 5 heteroatoms. The van der Waals surface area contributed by atoms with Gasteiger partial charge in [-0.3, -0.25) is 4.79 Å². The molecule has 0 saturated carbocycles. The predicted molar refractivity (Wildman–Crippen MR) is 89.7 cm³/mol. The van der Waals surface area contributed by atoms with Crippen molar-refractivity contribution < 1.29 is 14.3 Å². The number of morpholine rings is 1. The molecule has 23 heavy (non-hydrogen) atoms. The number of nitrogens with one attached hydrogen (secondary N) is 1. The van der Waals surface area contributed by atoms with E-state index < -0.39 is 0 Å². The Balaban J connectivity index is 1.80. The predicted octanol–water partition coefficient (Wildman–Crippen LogP) is 1.97. The second-order valence-corrected chi connectivity index (χ2v) is 5.70. The number of nitrogens with zero attached hydrogens (tertiary/aromatic N) is 1. The lowest BCUT2D eigenvalue weighted by Gasteiger charge is -2.33. The first-order chi connectivity index (χ1) is 11.2. The van der Waals surface area contributed by atoms with Gasteiger partial charge in [-0.1, -0.05) is 18.2 Å². The van der Waals surface area contributed by atoms with Gasteiger partial charge in [0.05, 0.1) is 26.8 Å². The first-order valence-corrected chi connectivity index (χ1v) is 7.83. The van der Waals surface area contributed by atoms with E-state index in [1.54, 1.807) is 14.2 Å². The summed E-state index contributed by atoms with van der Waals surface area (Å²) in [4.78, 5) is 13.9. The van der Waals surface area contributed by atoms with Gasteiger partial charge in [-0.2, -0.15) is 0 Å². The van der Waals surface area contributed by atoms with Crippen LogP contribution in [0.5, 0.6) is 5.75 Å². The summed E-state index contributed by atoms with van der Waals surface area (Å²) in [5, 5.41) is 5.19. The maximum atomic E-state index is 12.1. The Bertz CT molecular complexity index is 702. The minimum atomic E-state index is -0.0731. The molecule has 3 rings (SSSR count). The normalized spacial score (nSPS) is 18.2. The Hall–Kier alpha value is -2.11. The average molecular weight is 314 g/mol. The van der Waals surface area contributed by atoms with Crippen LogP contribution in [0.2, 0.25) is 0 Å². The molecule has 2 aromatic rings. The van der Waals surface area contributed by atoms with Gasteiger partial charge in [0.25, 0.3) is 0 Å². The van der Waals surface area contributed by atoms with E-state index in [0.717, 1.165) is 22.1 Å². The maximum absolute atomic E-state index is 12.1. The molecule has 1 amide bonds. The SMILES string of the molecule is CNCC(=O)N1CCOC(c2ccc3cc(OC)ccc3c2)C1. The number of rotatable bonds is 4. The van der Waals surface area contributed by atoms with Gasteiger partial charge in [0, 0.05) is 6.54 Å². The third-order valence-corrected chi connectivity index (χ3v) is 4.19. The first kappa shape index (κ1) is 15.8. The molecule has 0 bridgehead atoms. The number of ether oxygens (including phenoxy) is 2. The zero-order valence-electron chi connectivity index (χ0n) is 13.5. The van der Waals surface area contributed by atoms with E-state index in [2.05, 4.69) is 23.5 Å². The Kier molecular flexibility index (Phi) is 4.79. The highest BCUT2D eigenvalue weighted by atomic mass is 16.5. The Morgan fingerprint density at radius 2 is 2.09 bits per heavy atom. The molecule has 1 saturated heterocycles. The zero-order chi connectivity index (χ0) is 16.2. The van der Waals surface area contributed by atoms with Crippen LogP contribution in [0.4, 0.5) is 0 Å². The number of hydrogen-bond donors (Lipinski definition) is 1.